The highest BCUT2D eigenvalue weighted by Gasteiger charge is 2.33. The molecule has 1 saturated heterocycles. The summed E-state index contributed by atoms with van der Waals surface area (Å²) in [6.07, 6.45) is 1.28. The molecule has 1 N–H and O–H groups in total. The molecule has 1 aliphatic heterocycles. The third-order valence-corrected chi connectivity index (χ3v) is 6.59. The second kappa shape index (κ2) is 7.38. The van der Waals surface area contributed by atoms with Gasteiger partial charge in [0.05, 0.1) is 16.5 Å². The topological polar surface area (TPSA) is 84.3 Å². The summed E-state index contributed by atoms with van der Waals surface area (Å²) in [6.45, 7) is 2.41. The number of aryl methyl sites for hydroxylation is 2. The summed E-state index contributed by atoms with van der Waals surface area (Å²) in [6, 6.07) is 7.85. The quantitative estimate of drug-likeness (QED) is 0.860. The normalized spacial score (nSPS) is 18.7. The number of halogens is 1. The Bertz CT molecular complexity index is 909. The second-order valence-electron chi connectivity index (χ2n) is 6.44. The summed E-state index contributed by atoms with van der Waals surface area (Å²) in [5.74, 6) is 0.00946. The summed E-state index contributed by atoms with van der Waals surface area (Å²) in [4.78, 5) is 12.8. The van der Waals surface area contributed by atoms with Gasteiger partial charge in [-0.25, -0.2) is 8.42 Å². The zero-order valence-electron chi connectivity index (χ0n) is 14.6. The van der Waals surface area contributed by atoms with E-state index in [1.165, 1.54) is 16.4 Å². The first-order chi connectivity index (χ1) is 12.3. The third-order valence-electron chi connectivity index (χ3n) is 4.46. The maximum atomic E-state index is 12.8. The Balaban J connectivity index is 1.73. The van der Waals surface area contributed by atoms with Crippen molar-refractivity contribution < 1.29 is 13.2 Å². The lowest BCUT2D eigenvalue weighted by molar-refractivity contribution is -0.120. The van der Waals surface area contributed by atoms with E-state index < -0.39 is 15.9 Å². The van der Waals surface area contributed by atoms with E-state index in [1.54, 1.807) is 29.9 Å². The molecule has 1 aromatic carbocycles. The van der Waals surface area contributed by atoms with Crippen molar-refractivity contribution in [2.45, 2.75) is 24.7 Å². The van der Waals surface area contributed by atoms with Crippen LogP contribution in [0.5, 0.6) is 0 Å². The van der Waals surface area contributed by atoms with Gasteiger partial charge in [0, 0.05) is 31.2 Å². The number of nitrogens with one attached hydrogen (secondary N) is 1. The number of carbonyl (C=O) groups is 1. The number of hydrogen-bond acceptors (Lipinski definition) is 4. The summed E-state index contributed by atoms with van der Waals surface area (Å²) in [5, 5.41) is 7.52. The Morgan fingerprint density at radius 2 is 2.00 bits per heavy atom. The maximum absolute atomic E-state index is 12.8. The van der Waals surface area contributed by atoms with Crippen molar-refractivity contribution in [2.24, 2.45) is 13.0 Å². The lowest BCUT2D eigenvalue weighted by atomic mass is 9.99. The van der Waals surface area contributed by atoms with Crippen molar-refractivity contribution in [1.82, 2.24) is 14.1 Å². The summed E-state index contributed by atoms with van der Waals surface area (Å²) >= 11 is 5.84. The monoisotopic (exact) mass is 396 g/mol. The molecule has 0 unspecified atom stereocenters. The molecule has 0 bridgehead atoms. The fourth-order valence-corrected chi connectivity index (χ4v) is 4.74. The highest BCUT2D eigenvalue weighted by atomic mass is 35.5. The molecule has 7 nitrogen and oxygen atoms in total. The van der Waals surface area contributed by atoms with Gasteiger partial charge in [-0.1, -0.05) is 11.6 Å². The Morgan fingerprint density at radius 1 is 1.31 bits per heavy atom. The van der Waals surface area contributed by atoms with Crippen molar-refractivity contribution in [2.75, 3.05) is 18.4 Å². The van der Waals surface area contributed by atoms with Gasteiger partial charge in [0.15, 0.2) is 0 Å². The van der Waals surface area contributed by atoms with Crippen molar-refractivity contribution in [3.63, 3.8) is 0 Å². The molecular formula is C17H21ClN4O3S. The second-order valence-corrected chi connectivity index (χ2v) is 8.81. The largest absolute Gasteiger partial charge is 0.311 e. The van der Waals surface area contributed by atoms with Crippen LogP contribution in [-0.2, 0) is 21.9 Å². The molecule has 0 spiro atoms. The summed E-state index contributed by atoms with van der Waals surface area (Å²) in [7, 11) is -1.89. The molecule has 1 fully saturated rings. The predicted octanol–water partition coefficient (Wildman–Crippen LogP) is 2.42. The highest BCUT2D eigenvalue weighted by molar-refractivity contribution is 7.89. The van der Waals surface area contributed by atoms with E-state index in [1.807, 2.05) is 6.92 Å². The molecule has 1 atom stereocenters. The number of benzene rings is 1. The average Bonchev–Trinajstić information content (AvgIpc) is 2.92. The molecule has 3 rings (SSSR count). The first-order valence-electron chi connectivity index (χ1n) is 8.34. The van der Waals surface area contributed by atoms with Crippen molar-refractivity contribution in [3.05, 3.63) is 41.0 Å². The number of aromatic nitrogens is 2. The number of carbonyl (C=O) groups excluding carboxylic acids is 1. The van der Waals surface area contributed by atoms with Crippen molar-refractivity contribution in [1.29, 1.82) is 0 Å². The van der Waals surface area contributed by atoms with Gasteiger partial charge in [-0.05, 0) is 44.0 Å². The van der Waals surface area contributed by atoms with Gasteiger partial charge in [0.1, 0.15) is 5.82 Å². The summed E-state index contributed by atoms with van der Waals surface area (Å²) in [5.41, 5.74) is 0.804. The number of sulfonamides is 1. The Hall–Kier alpha value is -1.90. The molecule has 1 amide bonds. The molecule has 9 heteroatoms. The van der Waals surface area contributed by atoms with Crippen LogP contribution in [0.2, 0.25) is 5.02 Å². The van der Waals surface area contributed by atoms with Gasteiger partial charge >= 0.3 is 0 Å². The van der Waals surface area contributed by atoms with E-state index >= 15 is 0 Å². The molecule has 0 aliphatic carbocycles. The van der Waals surface area contributed by atoms with Crippen molar-refractivity contribution >= 4 is 33.3 Å². The molecular weight excluding hydrogens is 376 g/mol. The van der Waals surface area contributed by atoms with Crippen LogP contribution in [0.3, 0.4) is 0 Å². The fourth-order valence-electron chi connectivity index (χ4n) is 3.09. The van der Waals surface area contributed by atoms with E-state index in [9.17, 15) is 13.2 Å². The van der Waals surface area contributed by atoms with Crippen LogP contribution in [-0.4, -0.2) is 41.5 Å². The SMILES string of the molecule is Cc1cc(NC(=O)[C@@H]2CCCN(S(=O)(=O)c3ccc(Cl)cc3)C2)n(C)n1. The van der Waals surface area contributed by atoms with E-state index in [2.05, 4.69) is 10.4 Å². The Kier molecular flexibility index (Phi) is 5.36. The molecule has 2 aromatic rings. The van der Waals surface area contributed by atoms with E-state index in [0.717, 1.165) is 5.69 Å². The van der Waals surface area contributed by atoms with Gasteiger partial charge in [0.2, 0.25) is 15.9 Å². The number of piperidine rings is 1. The van der Waals surface area contributed by atoms with Gasteiger partial charge in [-0.15, -0.1) is 0 Å². The van der Waals surface area contributed by atoms with Crippen LogP contribution >= 0.6 is 11.6 Å². The van der Waals surface area contributed by atoms with Gasteiger partial charge in [-0.2, -0.15) is 9.40 Å². The molecule has 26 heavy (non-hydrogen) atoms. The minimum absolute atomic E-state index is 0.160. The zero-order valence-corrected chi connectivity index (χ0v) is 16.2. The Labute approximate surface area is 158 Å². The third kappa shape index (κ3) is 3.92. The molecule has 0 saturated carbocycles. The molecule has 2 heterocycles. The van der Waals surface area contributed by atoms with Gasteiger partial charge in [0.25, 0.3) is 0 Å². The van der Waals surface area contributed by atoms with E-state index in [0.29, 0.717) is 30.2 Å². The summed E-state index contributed by atoms with van der Waals surface area (Å²) < 4.78 is 28.6. The highest BCUT2D eigenvalue weighted by Crippen LogP contribution is 2.25. The fraction of sp³-hybridized carbons (Fsp3) is 0.412. The lowest BCUT2D eigenvalue weighted by Gasteiger charge is -2.31. The number of nitrogens with zero attached hydrogens (tertiary/aromatic N) is 3. The Morgan fingerprint density at radius 3 is 2.62 bits per heavy atom. The standard InChI is InChI=1S/C17H21ClN4O3S/c1-12-10-16(21(2)20-12)19-17(23)13-4-3-9-22(11-13)26(24,25)15-7-5-14(18)6-8-15/h5-8,10,13H,3-4,9,11H2,1-2H3,(H,19,23)/t13-/m1/s1. The van der Waals surface area contributed by atoms with Gasteiger partial charge in [-0.3, -0.25) is 9.48 Å². The number of rotatable bonds is 4. The van der Waals surface area contributed by atoms with Crippen LogP contribution in [0.4, 0.5) is 5.82 Å². The minimum atomic E-state index is -3.64. The van der Waals surface area contributed by atoms with Gasteiger partial charge < -0.3 is 5.32 Å². The molecule has 1 aliphatic rings. The number of anilines is 1. The van der Waals surface area contributed by atoms with Crippen LogP contribution in [0.1, 0.15) is 18.5 Å². The van der Waals surface area contributed by atoms with Crippen LogP contribution in [0.25, 0.3) is 0 Å². The lowest BCUT2D eigenvalue weighted by Crippen LogP contribution is -2.43. The van der Waals surface area contributed by atoms with E-state index in [4.69, 9.17) is 11.6 Å². The minimum Gasteiger partial charge on any atom is -0.311 e. The van der Waals surface area contributed by atoms with Crippen LogP contribution in [0.15, 0.2) is 35.2 Å². The maximum Gasteiger partial charge on any atom is 0.243 e. The first-order valence-corrected chi connectivity index (χ1v) is 10.2. The van der Waals surface area contributed by atoms with E-state index in [-0.39, 0.29) is 17.3 Å². The molecule has 140 valence electrons. The number of hydrogen-bond donors (Lipinski definition) is 1. The zero-order chi connectivity index (χ0) is 18.9. The molecule has 1 aromatic heterocycles. The predicted molar refractivity (Wildman–Crippen MR) is 99.5 cm³/mol. The van der Waals surface area contributed by atoms with Crippen LogP contribution < -0.4 is 5.32 Å². The van der Waals surface area contributed by atoms with Crippen molar-refractivity contribution in [3.8, 4) is 0 Å². The average molecular weight is 397 g/mol. The van der Waals surface area contributed by atoms with Crippen LogP contribution in [0, 0.1) is 12.8 Å². The number of amides is 1. The molecule has 0 radical (unpaired) electrons. The first kappa shape index (κ1) is 18.9. The smallest absolute Gasteiger partial charge is 0.243 e.